The molecule has 0 atom stereocenters. The summed E-state index contributed by atoms with van der Waals surface area (Å²) in [6, 6.07) is 0.320. The molecule has 0 N–H and O–H groups in total. The number of rotatable bonds is 1. The Bertz CT molecular complexity index is 233. The van der Waals surface area contributed by atoms with E-state index in [4.69, 9.17) is 5.53 Å². The first-order chi connectivity index (χ1) is 5.24. The molecule has 0 saturated heterocycles. The zero-order valence-corrected chi connectivity index (χ0v) is 7.86. The highest BCUT2D eigenvalue weighted by molar-refractivity contribution is 6.00. The normalized spacial score (nSPS) is 20.6. The number of hydrogen-bond donors (Lipinski definition) is 0. The van der Waals surface area contributed by atoms with Crippen LogP contribution >= 0.6 is 0 Å². The number of allylic oxidation sites excluding steroid dienone is 2. The van der Waals surface area contributed by atoms with Crippen molar-refractivity contribution in [2.45, 2.75) is 6.04 Å². The lowest BCUT2D eigenvalue weighted by molar-refractivity contribution is -0.00194. The van der Waals surface area contributed by atoms with Crippen molar-refractivity contribution in [3.8, 4) is 0 Å². The van der Waals surface area contributed by atoms with Crippen LogP contribution in [0.1, 0.15) is 0 Å². The fraction of sp³-hybridized carbons (Fsp3) is 0.375. The molecule has 1 aliphatic rings. The van der Waals surface area contributed by atoms with Gasteiger partial charge in [0.15, 0.2) is 0 Å². The lowest BCUT2D eigenvalue weighted by atomic mass is 10.1. The smallest absolute Gasteiger partial charge is 0.314 e. The van der Waals surface area contributed by atoms with Crippen LogP contribution in [0.15, 0.2) is 24.3 Å². The molecule has 1 aliphatic carbocycles. The molecule has 0 aromatic carbocycles. The van der Waals surface area contributed by atoms with Crippen LogP contribution in [0.2, 0.25) is 0 Å². The SMILES string of the molecule is CN(C)C1C=CC(=[N+]=[N-])C=C1.[Cl-]. The van der Waals surface area contributed by atoms with E-state index in [-0.39, 0.29) is 12.4 Å². The molecule has 0 amide bonds. The highest BCUT2D eigenvalue weighted by Crippen LogP contribution is 2.03. The van der Waals surface area contributed by atoms with E-state index < -0.39 is 0 Å². The Labute approximate surface area is 78.4 Å². The summed E-state index contributed by atoms with van der Waals surface area (Å²) in [5.74, 6) is 0. The van der Waals surface area contributed by atoms with E-state index >= 15 is 0 Å². The minimum absolute atomic E-state index is 0. The molecule has 4 heteroatoms. The summed E-state index contributed by atoms with van der Waals surface area (Å²) in [6.07, 6.45) is 7.56. The predicted molar refractivity (Wildman–Crippen MR) is 44.4 cm³/mol. The molecule has 12 heavy (non-hydrogen) atoms. The van der Waals surface area contributed by atoms with Crippen LogP contribution in [0, 0.1) is 0 Å². The number of halogens is 1. The molecule has 1 rings (SSSR count). The first-order valence-corrected chi connectivity index (χ1v) is 3.49. The van der Waals surface area contributed by atoms with Gasteiger partial charge >= 0.3 is 5.71 Å². The first-order valence-electron chi connectivity index (χ1n) is 3.49. The minimum Gasteiger partial charge on any atom is -1.00 e. The van der Waals surface area contributed by atoms with Crippen LogP contribution in [0.3, 0.4) is 0 Å². The Kier molecular flexibility index (Phi) is 4.52. The summed E-state index contributed by atoms with van der Waals surface area (Å²) in [4.78, 5) is 5.14. The van der Waals surface area contributed by atoms with E-state index in [1.807, 2.05) is 26.2 Å². The van der Waals surface area contributed by atoms with Crippen LogP contribution in [-0.4, -0.2) is 35.5 Å². The summed E-state index contributed by atoms with van der Waals surface area (Å²) < 4.78 is 0. The van der Waals surface area contributed by atoms with Crippen LogP contribution in [-0.2, 0) is 0 Å². The van der Waals surface area contributed by atoms with Crippen LogP contribution in [0.4, 0.5) is 0 Å². The maximum absolute atomic E-state index is 8.39. The first kappa shape index (κ1) is 11.1. The molecule has 0 bridgehead atoms. The topological polar surface area (TPSA) is 39.6 Å². The van der Waals surface area contributed by atoms with Gasteiger partial charge in [-0.15, -0.1) is 0 Å². The average Bonchev–Trinajstić information content (AvgIpc) is 2.05. The highest BCUT2D eigenvalue weighted by atomic mass is 35.5. The second kappa shape index (κ2) is 4.88. The van der Waals surface area contributed by atoms with Crippen molar-refractivity contribution in [1.29, 1.82) is 0 Å². The maximum atomic E-state index is 8.39. The third-order valence-electron chi connectivity index (χ3n) is 1.64. The summed E-state index contributed by atoms with van der Waals surface area (Å²) >= 11 is 0. The standard InChI is InChI=1S/C8H11N3.ClH/c1-11(2)8-5-3-7(10-9)4-6-8;/h3-6,8H,1-2H3;1H/p-1. The molecule has 0 aliphatic heterocycles. The van der Waals surface area contributed by atoms with E-state index in [1.54, 1.807) is 12.2 Å². The zero-order valence-electron chi connectivity index (χ0n) is 7.11. The largest absolute Gasteiger partial charge is 1.00 e. The Morgan fingerprint density at radius 1 is 1.33 bits per heavy atom. The predicted octanol–water partition coefficient (Wildman–Crippen LogP) is -2.28. The van der Waals surface area contributed by atoms with Gasteiger partial charge in [-0.2, -0.15) is 4.79 Å². The van der Waals surface area contributed by atoms with Crippen molar-refractivity contribution in [1.82, 2.24) is 4.90 Å². The number of likely N-dealkylation sites (N-methyl/N-ethyl adjacent to an activating group) is 1. The summed E-state index contributed by atoms with van der Waals surface area (Å²) in [5, 5.41) is 0. The fourth-order valence-corrected chi connectivity index (χ4v) is 0.925. The molecular formula is C8H11ClN3-. The summed E-state index contributed by atoms with van der Waals surface area (Å²) in [5.41, 5.74) is 8.99. The van der Waals surface area contributed by atoms with Crippen molar-refractivity contribution in [3.05, 3.63) is 29.8 Å². The van der Waals surface area contributed by atoms with Gasteiger partial charge in [0.05, 0.1) is 0 Å². The Morgan fingerprint density at radius 3 is 2.17 bits per heavy atom. The molecule has 0 fully saturated rings. The molecule has 0 heterocycles. The average molecular weight is 185 g/mol. The highest BCUT2D eigenvalue weighted by Gasteiger charge is 2.10. The molecule has 0 aromatic heterocycles. The Balaban J connectivity index is 0.00000121. The second-order valence-electron chi connectivity index (χ2n) is 2.70. The molecule has 66 valence electrons. The van der Waals surface area contributed by atoms with Crippen molar-refractivity contribution in [3.63, 3.8) is 0 Å². The van der Waals surface area contributed by atoms with Gasteiger partial charge in [0.2, 0.25) is 0 Å². The third kappa shape index (κ3) is 2.62. The number of hydrogen-bond acceptors (Lipinski definition) is 1. The molecule has 0 spiro atoms. The van der Waals surface area contributed by atoms with E-state index in [0.717, 1.165) is 0 Å². The van der Waals surface area contributed by atoms with Crippen molar-refractivity contribution in [2.75, 3.05) is 14.1 Å². The maximum Gasteiger partial charge on any atom is 0.314 e. The molecular weight excluding hydrogens is 174 g/mol. The minimum atomic E-state index is 0. The Hall–Kier alpha value is -0.890. The molecule has 0 saturated carbocycles. The van der Waals surface area contributed by atoms with E-state index in [1.165, 1.54) is 0 Å². The van der Waals surface area contributed by atoms with Gasteiger partial charge in [-0.05, 0) is 14.1 Å². The van der Waals surface area contributed by atoms with E-state index in [2.05, 4.69) is 9.69 Å². The van der Waals surface area contributed by atoms with Gasteiger partial charge in [-0.1, -0.05) is 12.2 Å². The molecule has 3 nitrogen and oxygen atoms in total. The van der Waals surface area contributed by atoms with E-state index in [0.29, 0.717) is 11.8 Å². The van der Waals surface area contributed by atoms with Gasteiger partial charge in [-0.3, -0.25) is 4.90 Å². The quantitative estimate of drug-likeness (QED) is 0.334. The van der Waals surface area contributed by atoms with Gasteiger partial charge in [0, 0.05) is 18.2 Å². The Morgan fingerprint density at radius 2 is 1.83 bits per heavy atom. The second-order valence-corrected chi connectivity index (χ2v) is 2.70. The molecule has 0 aromatic rings. The van der Waals surface area contributed by atoms with Gasteiger partial charge in [0.25, 0.3) is 0 Å². The van der Waals surface area contributed by atoms with Gasteiger partial charge in [-0.25, -0.2) is 0 Å². The number of nitrogens with zero attached hydrogens (tertiary/aromatic N) is 3. The molecule has 0 unspecified atom stereocenters. The van der Waals surface area contributed by atoms with Gasteiger partial charge in [0.1, 0.15) is 0 Å². The summed E-state index contributed by atoms with van der Waals surface area (Å²) in [6.45, 7) is 0. The molecule has 0 radical (unpaired) electrons. The third-order valence-corrected chi connectivity index (χ3v) is 1.64. The van der Waals surface area contributed by atoms with Crippen molar-refractivity contribution < 1.29 is 17.2 Å². The van der Waals surface area contributed by atoms with Crippen molar-refractivity contribution in [2.24, 2.45) is 0 Å². The van der Waals surface area contributed by atoms with Crippen LogP contribution < -0.4 is 12.4 Å². The van der Waals surface area contributed by atoms with Crippen LogP contribution in [0.5, 0.6) is 0 Å². The zero-order chi connectivity index (χ0) is 8.27. The monoisotopic (exact) mass is 184 g/mol. The summed E-state index contributed by atoms with van der Waals surface area (Å²) in [7, 11) is 4.00. The van der Waals surface area contributed by atoms with Gasteiger partial charge < -0.3 is 17.9 Å². The van der Waals surface area contributed by atoms with Crippen molar-refractivity contribution >= 4 is 5.71 Å². The van der Waals surface area contributed by atoms with E-state index in [9.17, 15) is 0 Å². The lowest BCUT2D eigenvalue weighted by Gasteiger charge is -2.17. The fourth-order valence-electron chi connectivity index (χ4n) is 0.925. The lowest BCUT2D eigenvalue weighted by Crippen LogP contribution is -3.00. The van der Waals surface area contributed by atoms with Crippen LogP contribution in [0.25, 0.3) is 5.53 Å².